The van der Waals surface area contributed by atoms with Crippen molar-refractivity contribution in [2.24, 2.45) is 0 Å². The van der Waals surface area contributed by atoms with Gasteiger partial charge in [0.25, 0.3) is 0 Å². The van der Waals surface area contributed by atoms with E-state index in [1.807, 2.05) is 24.3 Å². The molecule has 0 aliphatic carbocycles. The lowest BCUT2D eigenvalue weighted by molar-refractivity contribution is -0.138. The number of hydrogen-bond acceptors (Lipinski definition) is 3. The highest BCUT2D eigenvalue weighted by atomic mass is 32.2. The molecule has 3 rings (SSSR count). The quantitative estimate of drug-likeness (QED) is 0.812. The maximum absolute atomic E-state index is 11.9. The minimum absolute atomic E-state index is 0.0651. The van der Waals surface area contributed by atoms with E-state index in [2.05, 4.69) is 37.8 Å². The number of carboxylic acids is 1. The highest BCUT2D eigenvalue weighted by molar-refractivity contribution is 8.00. The second-order valence-electron chi connectivity index (χ2n) is 5.57. The number of rotatable bonds is 4. The van der Waals surface area contributed by atoms with Crippen LogP contribution in [0.3, 0.4) is 0 Å². The molecule has 2 nitrogen and oxygen atoms in total. The lowest BCUT2D eigenvalue weighted by Gasteiger charge is -2.20. The Bertz CT molecular complexity index is 712. The van der Waals surface area contributed by atoms with Gasteiger partial charge >= 0.3 is 5.97 Å². The van der Waals surface area contributed by atoms with Crippen LogP contribution in [0.4, 0.5) is 0 Å². The number of hydrogen-bond donors (Lipinski definition) is 2. The maximum atomic E-state index is 11.9. The molecule has 1 N–H and O–H groups in total. The van der Waals surface area contributed by atoms with Crippen LogP contribution in [0.25, 0.3) is 0 Å². The Morgan fingerprint density at radius 1 is 1.23 bits per heavy atom. The van der Waals surface area contributed by atoms with E-state index in [4.69, 9.17) is 0 Å². The van der Waals surface area contributed by atoms with E-state index in [1.165, 1.54) is 11.1 Å². The molecule has 114 valence electrons. The van der Waals surface area contributed by atoms with Crippen LogP contribution in [0.5, 0.6) is 0 Å². The van der Waals surface area contributed by atoms with Gasteiger partial charge in [-0.2, -0.15) is 12.6 Å². The van der Waals surface area contributed by atoms with E-state index in [0.29, 0.717) is 0 Å². The summed E-state index contributed by atoms with van der Waals surface area (Å²) in [6.45, 7) is 2.05. The summed E-state index contributed by atoms with van der Waals surface area (Å²) in [5.74, 6) is -0.472. The molecule has 0 saturated heterocycles. The third kappa shape index (κ3) is 2.77. The molecule has 22 heavy (non-hydrogen) atoms. The van der Waals surface area contributed by atoms with Gasteiger partial charge in [-0.3, -0.25) is 4.79 Å². The molecular weight excluding hydrogens is 312 g/mol. The number of thioether (sulfide) groups is 1. The smallest absolute Gasteiger partial charge is 0.312 e. The highest BCUT2D eigenvalue weighted by Crippen LogP contribution is 2.55. The largest absolute Gasteiger partial charge is 0.481 e. The molecule has 4 heteroatoms. The monoisotopic (exact) mass is 330 g/mol. The second-order valence-corrected chi connectivity index (χ2v) is 7.20. The van der Waals surface area contributed by atoms with Crippen molar-refractivity contribution in [1.82, 2.24) is 0 Å². The molecule has 0 saturated carbocycles. The van der Waals surface area contributed by atoms with E-state index >= 15 is 0 Å². The van der Waals surface area contributed by atoms with Gasteiger partial charge in [0, 0.05) is 4.90 Å². The number of carboxylic acid groups (broad SMARTS) is 1. The normalized spacial score (nSPS) is 19.9. The van der Waals surface area contributed by atoms with Crippen LogP contribution < -0.4 is 0 Å². The van der Waals surface area contributed by atoms with E-state index in [1.54, 1.807) is 11.8 Å². The molecule has 0 amide bonds. The average molecular weight is 330 g/mol. The lowest BCUT2D eigenvalue weighted by Crippen LogP contribution is -2.16. The molecule has 0 aromatic heterocycles. The molecule has 1 heterocycles. The van der Waals surface area contributed by atoms with Gasteiger partial charge in [-0.15, -0.1) is 11.8 Å². The molecule has 2 atom stereocenters. The number of thiol groups is 1. The predicted molar refractivity (Wildman–Crippen MR) is 94.2 cm³/mol. The zero-order valence-electron chi connectivity index (χ0n) is 12.3. The minimum atomic E-state index is -0.749. The number of aryl methyl sites for hydroxylation is 2. The molecule has 2 unspecified atom stereocenters. The Balaban J connectivity index is 2.09. The van der Waals surface area contributed by atoms with E-state index in [0.717, 1.165) is 28.2 Å². The number of fused-ring (bicyclic) bond motifs is 1. The molecule has 0 spiro atoms. The first-order chi connectivity index (χ1) is 10.6. The summed E-state index contributed by atoms with van der Waals surface area (Å²) in [5, 5.41) is 9.69. The van der Waals surface area contributed by atoms with Crippen molar-refractivity contribution in [1.29, 1.82) is 0 Å². The van der Waals surface area contributed by atoms with Gasteiger partial charge in [-0.25, -0.2) is 0 Å². The molecule has 2 aromatic carbocycles. The van der Waals surface area contributed by atoms with Gasteiger partial charge < -0.3 is 5.11 Å². The van der Waals surface area contributed by atoms with Gasteiger partial charge in [0.2, 0.25) is 0 Å². The summed E-state index contributed by atoms with van der Waals surface area (Å²) in [7, 11) is 0. The summed E-state index contributed by atoms with van der Waals surface area (Å²) in [6, 6.07) is 14.2. The Kier molecular flexibility index (Phi) is 4.50. The fraction of sp³-hybridized carbons (Fsp3) is 0.278. The van der Waals surface area contributed by atoms with Gasteiger partial charge in [0.05, 0.1) is 11.2 Å². The highest BCUT2D eigenvalue weighted by Gasteiger charge is 2.39. The van der Waals surface area contributed by atoms with Gasteiger partial charge in [0.15, 0.2) is 0 Å². The molecule has 2 aromatic rings. The zero-order valence-corrected chi connectivity index (χ0v) is 14.0. The number of benzene rings is 2. The van der Waals surface area contributed by atoms with Crippen molar-refractivity contribution < 1.29 is 9.90 Å². The predicted octanol–water partition coefficient (Wildman–Crippen LogP) is 4.48. The Hall–Kier alpha value is -1.39. The molecule has 1 aliphatic heterocycles. The van der Waals surface area contributed by atoms with Crippen molar-refractivity contribution in [3.63, 3.8) is 0 Å². The van der Waals surface area contributed by atoms with Crippen molar-refractivity contribution >= 4 is 30.4 Å². The van der Waals surface area contributed by atoms with E-state index in [9.17, 15) is 9.90 Å². The van der Waals surface area contributed by atoms with Crippen molar-refractivity contribution in [3.05, 3.63) is 64.7 Å². The summed E-state index contributed by atoms with van der Waals surface area (Å²) >= 11 is 6.01. The van der Waals surface area contributed by atoms with Crippen LogP contribution in [0.2, 0.25) is 0 Å². The molecular formula is C18H18O2S2. The van der Waals surface area contributed by atoms with Crippen molar-refractivity contribution in [2.75, 3.05) is 5.75 Å². The van der Waals surface area contributed by atoms with Crippen LogP contribution in [0.1, 0.15) is 33.4 Å². The van der Waals surface area contributed by atoms with Crippen molar-refractivity contribution in [2.45, 2.75) is 29.4 Å². The first-order valence-electron chi connectivity index (χ1n) is 7.30. The van der Waals surface area contributed by atoms with Crippen LogP contribution in [0, 0.1) is 6.92 Å². The number of carbonyl (C=O) groups is 1. The fourth-order valence-corrected chi connectivity index (χ4v) is 4.79. The van der Waals surface area contributed by atoms with Crippen molar-refractivity contribution in [3.8, 4) is 0 Å². The summed E-state index contributed by atoms with van der Waals surface area (Å²) < 4.78 is 0. The summed E-state index contributed by atoms with van der Waals surface area (Å²) in [5.41, 5.74) is 4.45. The Morgan fingerprint density at radius 3 is 2.73 bits per heavy atom. The third-order valence-electron chi connectivity index (χ3n) is 4.07. The minimum Gasteiger partial charge on any atom is -0.481 e. The molecule has 0 bridgehead atoms. The summed E-state index contributed by atoms with van der Waals surface area (Å²) in [6.07, 6.45) is 0.860. The lowest BCUT2D eigenvalue weighted by atomic mass is 9.88. The topological polar surface area (TPSA) is 37.3 Å². The van der Waals surface area contributed by atoms with E-state index in [-0.39, 0.29) is 5.25 Å². The SMILES string of the molecule is Cc1ccc(CCS)c(C2Sc3ccccc3C2C(=O)O)c1. The first-order valence-corrected chi connectivity index (χ1v) is 8.81. The van der Waals surface area contributed by atoms with Crippen LogP contribution in [-0.2, 0) is 11.2 Å². The van der Waals surface area contributed by atoms with Crippen LogP contribution in [-0.4, -0.2) is 16.8 Å². The Labute approximate surface area is 140 Å². The average Bonchev–Trinajstić information content (AvgIpc) is 2.88. The molecule has 1 aliphatic rings. The second kappa shape index (κ2) is 6.39. The zero-order chi connectivity index (χ0) is 15.7. The standard InChI is InChI=1S/C18H18O2S2/c1-11-6-7-12(8-9-21)14(10-11)17-16(18(19)20)13-4-2-3-5-15(13)22-17/h2-7,10,16-17,21H,8-9H2,1H3,(H,19,20). The van der Waals surface area contributed by atoms with Crippen LogP contribution >= 0.6 is 24.4 Å². The summed E-state index contributed by atoms with van der Waals surface area (Å²) in [4.78, 5) is 13.0. The third-order valence-corrected chi connectivity index (χ3v) is 5.70. The maximum Gasteiger partial charge on any atom is 0.312 e. The molecule has 0 radical (unpaired) electrons. The number of aliphatic carboxylic acids is 1. The van der Waals surface area contributed by atoms with E-state index < -0.39 is 11.9 Å². The molecule has 0 fully saturated rings. The Morgan fingerprint density at radius 2 is 2.00 bits per heavy atom. The van der Waals surface area contributed by atoms with Gasteiger partial charge in [-0.05, 0) is 41.9 Å². The fourth-order valence-electron chi connectivity index (χ4n) is 3.05. The van der Waals surface area contributed by atoms with Gasteiger partial charge in [0.1, 0.15) is 0 Å². The first kappa shape index (κ1) is 15.5. The van der Waals surface area contributed by atoms with Crippen LogP contribution in [0.15, 0.2) is 47.4 Å². The van der Waals surface area contributed by atoms with Gasteiger partial charge in [-0.1, -0.05) is 42.0 Å².